The second-order valence-electron chi connectivity index (χ2n) is 7.98. The Morgan fingerprint density at radius 3 is 2.67 bits per heavy atom. The predicted octanol–water partition coefficient (Wildman–Crippen LogP) is 2.93. The summed E-state index contributed by atoms with van der Waals surface area (Å²) < 4.78 is 2.06. The van der Waals surface area contributed by atoms with Crippen LogP contribution in [0.2, 0.25) is 0 Å². The number of hydrogen-bond donors (Lipinski definition) is 1. The Morgan fingerprint density at radius 2 is 2.04 bits per heavy atom. The monoisotopic (exact) mass is 372 g/mol. The van der Waals surface area contributed by atoms with Gasteiger partial charge in [-0.15, -0.1) is 0 Å². The van der Waals surface area contributed by atoms with Crippen molar-refractivity contribution in [1.29, 1.82) is 0 Å². The zero-order valence-electron chi connectivity index (χ0n) is 17.0. The summed E-state index contributed by atoms with van der Waals surface area (Å²) >= 11 is 0. The zero-order chi connectivity index (χ0) is 19.4. The fourth-order valence-corrected chi connectivity index (χ4v) is 3.82. The Hall–Kier alpha value is -2.18. The van der Waals surface area contributed by atoms with E-state index in [0.717, 1.165) is 74.3 Å². The molecule has 3 heterocycles. The first-order valence-electron chi connectivity index (χ1n) is 10.2. The number of piperidine rings is 1. The number of fused-ring (bicyclic) bond motifs is 1. The number of hydrogen-bond acceptors (Lipinski definition) is 5. The van der Waals surface area contributed by atoms with Crippen molar-refractivity contribution in [2.75, 3.05) is 18.0 Å². The van der Waals surface area contributed by atoms with E-state index in [4.69, 9.17) is 5.10 Å². The van der Waals surface area contributed by atoms with Crippen molar-refractivity contribution in [2.45, 2.75) is 72.4 Å². The number of rotatable bonds is 7. The first-order chi connectivity index (χ1) is 13.0. The normalized spacial score (nSPS) is 15.7. The highest BCUT2D eigenvalue weighted by Gasteiger charge is 2.25. The Morgan fingerprint density at radius 1 is 1.30 bits per heavy atom. The Kier molecular flexibility index (Phi) is 6.29. The summed E-state index contributed by atoms with van der Waals surface area (Å²) in [6, 6.07) is 0.262. The summed E-state index contributed by atoms with van der Waals surface area (Å²) in [6.45, 7) is 10.9. The van der Waals surface area contributed by atoms with Gasteiger partial charge >= 0.3 is 0 Å². The van der Waals surface area contributed by atoms with Crippen molar-refractivity contribution >= 4 is 22.8 Å². The number of nitrogens with one attached hydrogen (secondary N) is 1. The topological polar surface area (TPSA) is 75.9 Å². The van der Waals surface area contributed by atoms with Gasteiger partial charge in [-0.05, 0) is 31.6 Å². The molecule has 0 atom stereocenters. The number of aryl methyl sites for hydroxylation is 1. The van der Waals surface area contributed by atoms with Gasteiger partial charge in [0.05, 0.1) is 11.1 Å². The predicted molar refractivity (Wildman–Crippen MR) is 108 cm³/mol. The van der Waals surface area contributed by atoms with Gasteiger partial charge in [0.2, 0.25) is 5.91 Å². The summed E-state index contributed by atoms with van der Waals surface area (Å²) in [5.74, 6) is 1.58. The molecule has 1 fully saturated rings. The van der Waals surface area contributed by atoms with Crippen molar-refractivity contribution in [2.24, 2.45) is 5.92 Å². The summed E-state index contributed by atoms with van der Waals surface area (Å²) in [5.41, 5.74) is 2.06. The maximum atomic E-state index is 11.3. The van der Waals surface area contributed by atoms with Gasteiger partial charge in [0.15, 0.2) is 5.65 Å². The van der Waals surface area contributed by atoms with Crippen LogP contribution in [-0.4, -0.2) is 44.8 Å². The molecule has 1 saturated heterocycles. The molecular weight excluding hydrogens is 340 g/mol. The Bertz CT molecular complexity index is 776. The fraction of sp³-hybridized carbons (Fsp3) is 0.700. The molecule has 0 radical (unpaired) electrons. The van der Waals surface area contributed by atoms with Crippen molar-refractivity contribution in [3.8, 4) is 0 Å². The molecule has 1 N–H and O–H groups in total. The van der Waals surface area contributed by atoms with Crippen LogP contribution in [0.15, 0.2) is 6.33 Å². The number of carbonyl (C=O) groups excluding carboxylic acids is 1. The Labute approximate surface area is 161 Å². The molecule has 7 heteroatoms. The lowest BCUT2D eigenvalue weighted by Gasteiger charge is -2.33. The molecule has 1 amide bonds. The highest BCUT2D eigenvalue weighted by Crippen LogP contribution is 2.30. The van der Waals surface area contributed by atoms with E-state index in [9.17, 15) is 4.79 Å². The van der Waals surface area contributed by atoms with Gasteiger partial charge in [-0.25, -0.2) is 14.6 Å². The van der Waals surface area contributed by atoms with E-state index in [-0.39, 0.29) is 11.9 Å². The van der Waals surface area contributed by atoms with Crippen molar-refractivity contribution in [3.05, 3.63) is 12.0 Å². The molecule has 0 aromatic carbocycles. The molecular formula is C20H32N6O. The third-order valence-corrected chi connectivity index (χ3v) is 5.11. The highest BCUT2D eigenvalue weighted by molar-refractivity contribution is 5.90. The molecule has 2 aromatic heterocycles. The largest absolute Gasteiger partial charge is 0.356 e. The maximum Gasteiger partial charge on any atom is 0.217 e. The summed E-state index contributed by atoms with van der Waals surface area (Å²) in [6.07, 6.45) is 6.71. The number of unbranched alkanes of at least 4 members (excludes halogenated alkanes) is 1. The molecule has 2 aromatic rings. The molecule has 3 rings (SSSR count). The lowest BCUT2D eigenvalue weighted by atomic mass is 10.0. The Balaban J connectivity index is 1.91. The quantitative estimate of drug-likeness (QED) is 0.809. The number of anilines is 1. The van der Waals surface area contributed by atoms with Crippen molar-refractivity contribution in [1.82, 2.24) is 25.1 Å². The molecule has 0 aliphatic carbocycles. The third kappa shape index (κ3) is 4.57. The van der Waals surface area contributed by atoms with Crippen LogP contribution in [0.3, 0.4) is 0 Å². The van der Waals surface area contributed by atoms with Crippen LogP contribution in [-0.2, 0) is 17.8 Å². The minimum absolute atomic E-state index is 0.0503. The van der Waals surface area contributed by atoms with E-state index in [1.54, 1.807) is 13.3 Å². The second kappa shape index (κ2) is 8.67. The van der Waals surface area contributed by atoms with Crippen LogP contribution in [0, 0.1) is 5.92 Å². The smallest absolute Gasteiger partial charge is 0.217 e. The van der Waals surface area contributed by atoms with Gasteiger partial charge < -0.3 is 10.2 Å². The standard InChI is InChI=1S/C20H32N6O/c1-5-6-9-26-20-18(17(24-26)12-14(2)3)19(21-13-22-20)25-10-7-16(8-11-25)23-15(4)27/h13-14,16H,5-12H2,1-4H3,(H,23,27). The van der Waals surface area contributed by atoms with E-state index in [1.807, 2.05) is 0 Å². The summed E-state index contributed by atoms with van der Waals surface area (Å²) in [7, 11) is 0. The van der Waals surface area contributed by atoms with Crippen LogP contribution < -0.4 is 10.2 Å². The average Bonchev–Trinajstić information content (AvgIpc) is 2.97. The van der Waals surface area contributed by atoms with E-state index in [0.29, 0.717) is 5.92 Å². The molecule has 0 unspecified atom stereocenters. The summed E-state index contributed by atoms with van der Waals surface area (Å²) in [5, 5.41) is 9.06. The molecule has 0 saturated carbocycles. The van der Waals surface area contributed by atoms with Crippen LogP contribution >= 0.6 is 0 Å². The van der Waals surface area contributed by atoms with Gasteiger partial charge in [0, 0.05) is 32.6 Å². The van der Waals surface area contributed by atoms with Gasteiger partial charge in [0.1, 0.15) is 12.1 Å². The molecule has 27 heavy (non-hydrogen) atoms. The van der Waals surface area contributed by atoms with Gasteiger partial charge in [-0.3, -0.25) is 4.79 Å². The zero-order valence-corrected chi connectivity index (χ0v) is 17.0. The minimum Gasteiger partial charge on any atom is -0.356 e. The lowest BCUT2D eigenvalue weighted by molar-refractivity contribution is -0.119. The molecule has 1 aliphatic rings. The second-order valence-corrected chi connectivity index (χ2v) is 7.98. The maximum absolute atomic E-state index is 11.3. The SMILES string of the molecule is CCCCn1nc(CC(C)C)c2c(N3CCC(NC(C)=O)CC3)ncnc21. The van der Waals surface area contributed by atoms with Crippen molar-refractivity contribution in [3.63, 3.8) is 0 Å². The van der Waals surface area contributed by atoms with E-state index in [1.165, 1.54) is 0 Å². The lowest BCUT2D eigenvalue weighted by Crippen LogP contribution is -2.44. The first kappa shape index (κ1) is 19.6. The number of amides is 1. The van der Waals surface area contributed by atoms with E-state index >= 15 is 0 Å². The third-order valence-electron chi connectivity index (χ3n) is 5.11. The van der Waals surface area contributed by atoms with Gasteiger partial charge in [0.25, 0.3) is 0 Å². The summed E-state index contributed by atoms with van der Waals surface area (Å²) in [4.78, 5) is 22.9. The molecule has 148 valence electrons. The van der Waals surface area contributed by atoms with E-state index in [2.05, 4.69) is 45.6 Å². The molecule has 1 aliphatic heterocycles. The van der Waals surface area contributed by atoms with Crippen LogP contribution in [0.25, 0.3) is 11.0 Å². The van der Waals surface area contributed by atoms with Crippen LogP contribution in [0.4, 0.5) is 5.82 Å². The highest BCUT2D eigenvalue weighted by atomic mass is 16.1. The number of nitrogens with zero attached hydrogens (tertiary/aromatic N) is 5. The van der Waals surface area contributed by atoms with E-state index < -0.39 is 0 Å². The van der Waals surface area contributed by atoms with Gasteiger partial charge in [-0.1, -0.05) is 27.2 Å². The van der Waals surface area contributed by atoms with Gasteiger partial charge in [-0.2, -0.15) is 5.10 Å². The average molecular weight is 373 g/mol. The molecule has 7 nitrogen and oxygen atoms in total. The van der Waals surface area contributed by atoms with Crippen LogP contribution in [0.5, 0.6) is 0 Å². The van der Waals surface area contributed by atoms with Crippen molar-refractivity contribution < 1.29 is 4.79 Å². The van der Waals surface area contributed by atoms with Crippen LogP contribution in [0.1, 0.15) is 59.1 Å². The minimum atomic E-state index is 0.0503. The fourth-order valence-electron chi connectivity index (χ4n) is 3.82. The number of aromatic nitrogens is 4. The first-order valence-corrected chi connectivity index (χ1v) is 10.2. The molecule has 0 spiro atoms. The molecule has 0 bridgehead atoms. The number of carbonyl (C=O) groups is 1.